The molecule has 4 heteroatoms. The molecule has 0 spiro atoms. The van der Waals surface area contributed by atoms with Gasteiger partial charge in [-0.3, -0.25) is 5.84 Å². The quantitative estimate of drug-likeness (QED) is 0.445. The first kappa shape index (κ1) is 10.2. The molecule has 0 unspecified atom stereocenters. The van der Waals surface area contributed by atoms with E-state index in [-0.39, 0.29) is 0 Å². The van der Waals surface area contributed by atoms with Gasteiger partial charge in [-0.2, -0.15) is 0 Å². The summed E-state index contributed by atoms with van der Waals surface area (Å²) in [5, 5.41) is 0. The van der Waals surface area contributed by atoms with Crippen molar-refractivity contribution in [2.24, 2.45) is 5.84 Å². The fourth-order valence-electron chi connectivity index (χ4n) is 1.04. The Bertz CT molecular complexity index is 278. The van der Waals surface area contributed by atoms with Crippen LogP contribution in [0.4, 0.5) is 5.69 Å². The third-order valence-corrected chi connectivity index (χ3v) is 1.97. The van der Waals surface area contributed by atoms with Gasteiger partial charge in [0.15, 0.2) is 0 Å². The maximum Gasteiger partial charge on any atom is 0.125 e. The van der Waals surface area contributed by atoms with E-state index in [1.165, 1.54) is 0 Å². The van der Waals surface area contributed by atoms with Crippen LogP contribution in [-0.4, -0.2) is 6.61 Å². The van der Waals surface area contributed by atoms with Crippen LogP contribution in [-0.2, 0) is 5.88 Å². The maximum absolute atomic E-state index is 5.73. The maximum atomic E-state index is 5.73. The van der Waals surface area contributed by atoms with Gasteiger partial charge in [-0.05, 0) is 13.0 Å². The van der Waals surface area contributed by atoms with Gasteiger partial charge in [0.1, 0.15) is 5.75 Å². The lowest BCUT2D eigenvalue weighted by atomic mass is 10.2. The number of hydrogen-bond donors (Lipinski definition) is 2. The molecule has 0 amide bonds. The first-order valence-electron chi connectivity index (χ1n) is 4.10. The van der Waals surface area contributed by atoms with Crippen LogP contribution in [0.3, 0.4) is 0 Å². The van der Waals surface area contributed by atoms with Crippen LogP contribution < -0.4 is 16.0 Å². The van der Waals surface area contributed by atoms with Crippen molar-refractivity contribution in [2.75, 3.05) is 12.0 Å². The number of hydrazine groups is 1. The second kappa shape index (κ2) is 4.94. The number of ether oxygens (including phenoxy) is 1. The zero-order valence-corrected chi connectivity index (χ0v) is 8.27. The molecule has 0 aliphatic rings. The van der Waals surface area contributed by atoms with E-state index in [1.807, 2.05) is 25.1 Å². The predicted molar refractivity (Wildman–Crippen MR) is 55.0 cm³/mol. The van der Waals surface area contributed by atoms with Gasteiger partial charge in [0.05, 0.1) is 18.2 Å². The molecule has 0 atom stereocenters. The van der Waals surface area contributed by atoms with Crippen LogP contribution in [0.15, 0.2) is 18.2 Å². The third-order valence-electron chi connectivity index (χ3n) is 1.68. The average Bonchev–Trinajstić information content (AvgIpc) is 2.18. The van der Waals surface area contributed by atoms with E-state index >= 15 is 0 Å². The molecule has 3 N–H and O–H groups in total. The molecule has 0 fully saturated rings. The van der Waals surface area contributed by atoms with E-state index in [0.717, 1.165) is 17.0 Å². The fourth-order valence-corrected chi connectivity index (χ4v) is 1.27. The largest absolute Gasteiger partial charge is 0.493 e. The highest BCUT2D eigenvalue weighted by atomic mass is 35.5. The Morgan fingerprint density at radius 3 is 2.85 bits per heavy atom. The summed E-state index contributed by atoms with van der Waals surface area (Å²) in [6.45, 7) is 2.55. The number of halogens is 1. The third kappa shape index (κ3) is 2.50. The molecule has 3 nitrogen and oxygen atoms in total. The van der Waals surface area contributed by atoms with Gasteiger partial charge in [0.25, 0.3) is 0 Å². The summed E-state index contributed by atoms with van der Waals surface area (Å²) < 4.78 is 5.39. The minimum atomic E-state index is 0.445. The molecule has 13 heavy (non-hydrogen) atoms. The first-order chi connectivity index (χ1) is 6.31. The number of benzene rings is 1. The number of nitrogens with two attached hydrogens (primary N) is 1. The predicted octanol–water partition coefficient (Wildman–Crippen LogP) is 2.11. The van der Waals surface area contributed by atoms with Crippen LogP contribution in [0.2, 0.25) is 0 Å². The zero-order chi connectivity index (χ0) is 9.68. The Kier molecular flexibility index (Phi) is 3.86. The van der Waals surface area contributed by atoms with Gasteiger partial charge < -0.3 is 10.2 Å². The summed E-state index contributed by atoms with van der Waals surface area (Å²) in [5.74, 6) is 6.50. The van der Waals surface area contributed by atoms with E-state index in [4.69, 9.17) is 22.2 Å². The molecule has 0 aliphatic heterocycles. The van der Waals surface area contributed by atoms with E-state index in [2.05, 4.69) is 5.43 Å². The van der Waals surface area contributed by atoms with Crippen molar-refractivity contribution >= 4 is 17.3 Å². The van der Waals surface area contributed by atoms with Crippen molar-refractivity contribution in [3.05, 3.63) is 23.8 Å². The molecule has 0 saturated carbocycles. The number of hydrogen-bond acceptors (Lipinski definition) is 3. The molecular formula is C9H13ClN2O. The molecule has 72 valence electrons. The molecule has 0 aliphatic carbocycles. The van der Waals surface area contributed by atoms with E-state index in [0.29, 0.717) is 12.5 Å². The van der Waals surface area contributed by atoms with E-state index in [1.54, 1.807) is 0 Å². The molecule has 1 rings (SSSR count). The minimum Gasteiger partial charge on any atom is -0.493 e. The lowest BCUT2D eigenvalue weighted by Gasteiger charge is -2.09. The van der Waals surface area contributed by atoms with Crippen molar-refractivity contribution in [1.82, 2.24) is 0 Å². The molecule has 0 saturated heterocycles. The summed E-state index contributed by atoms with van der Waals surface area (Å²) in [7, 11) is 0. The topological polar surface area (TPSA) is 47.3 Å². The second-order valence-corrected chi connectivity index (χ2v) is 2.80. The Morgan fingerprint density at radius 1 is 1.54 bits per heavy atom. The van der Waals surface area contributed by atoms with E-state index in [9.17, 15) is 0 Å². The Labute approximate surface area is 82.8 Å². The monoisotopic (exact) mass is 200 g/mol. The lowest BCUT2D eigenvalue weighted by Crippen LogP contribution is -2.07. The summed E-state index contributed by atoms with van der Waals surface area (Å²) >= 11 is 5.73. The van der Waals surface area contributed by atoms with Crippen LogP contribution in [0.1, 0.15) is 12.5 Å². The summed E-state index contributed by atoms with van der Waals surface area (Å²) in [5.41, 5.74) is 4.35. The smallest absolute Gasteiger partial charge is 0.125 e. The van der Waals surface area contributed by atoms with Crippen LogP contribution >= 0.6 is 11.6 Å². The Balaban J connectivity index is 2.95. The SMILES string of the molecule is CCOc1cc(NN)ccc1CCl. The highest BCUT2D eigenvalue weighted by Crippen LogP contribution is 2.24. The van der Waals surface area contributed by atoms with Gasteiger partial charge in [0, 0.05) is 11.6 Å². The summed E-state index contributed by atoms with van der Waals surface area (Å²) in [6, 6.07) is 5.59. The average molecular weight is 201 g/mol. The summed E-state index contributed by atoms with van der Waals surface area (Å²) in [6.07, 6.45) is 0. The zero-order valence-electron chi connectivity index (χ0n) is 7.51. The molecule has 0 heterocycles. The minimum absolute atomic E-state index is 0.445. The highest BCUT2D eigenvalue weighted by Gasteiger charge is 2.02. The molecule has 0 bridgehead atoms. The van der Waals surface area contributed by atoms with E-state index < -0.39 is 0 Å². The van der Waals surface area contributed by atoms with Crippen molar-refractivity contribution in [3.8, 4) is 5.75 Å². The van der Waals surface area contributed by atoms with Crippen LogP contribution in [0, 0.1) is 0 Å². The fraction of sp³-hybridized carbons (Fsp3) is 0.333. The van der Waals surface area contributed by atoms with Crippen LogP contribution in [0.25, 0.3) is 0 Å². The molecule has 1 aromatic rings. The number of rotatable bonds is 4. The number of nitrogens with one attached hydrogen (secondary N) is 1. The van der Waals surface area contributed by atoms with Gasteiger partial charge in [-0.15, -0.1) is 11.6 Å². The molecule has 0 aromatic heterocycles. The Morgan fingerprint density at radius 2 is 2.31 bits per heavy atom. The molecule has 1 aromatic carbocycles. The number of nitrogen functional groups attached to an aromatic ring is 1. The number of alkyl halides is 1. The number of anilines is 1. The van der Waals surface area contributed by atoms with Crippen molar-refractivity contribution < 1.29 is 4.74 Å². The van der Waals surface area contributed by atoms with Gasteiger partial charge in [0.2, 0.25) is 0 Å². The molecule has 0 radical (unpaired) electrons. The van der Waals surface area contributed by atoms with Crippen molar-refractivity contribution in [1.29, 1.82) is 0 Å². The standard InChI is InChI=1S/C9H13ClN2O/c1-2-13-9-5-8(12-11)4-3-7(9)6-10/h3-5,12H,2,6,11H2,1H3. The van der Waals surface area contributed by atoms with Gasteiger partial charge in [-0.25, -0.2) is 0 Å². The lowest BCUT2D eigenvalue weighted by molar-refractivity contribution is 0.338. The molecular weight excluding hydrogens is 188 g/mol. The second-order valence-electron chi connectivity index (χ2n) is 2.53. The normalized spacial score (nSPS) is 9.77. The Hall–Kier alpha value is -0.930. The van der Waals surface area contributed by atoms with Crippen molar-refractivity contribution in [3.63, 3.8) is 0 Å². The van der Waals surface area contributed by atoms with Crippen LogP contribution in [0.5, 0.6) is 5.75 Å². The highest BCUT2D eigenvalue weighted by molar-refractivity contribution is 6.17. The van der Waals surface area contributed by atoms with Gasteiger partial charge in [-0.1, -0.05) is 6.07 Å². The first-order valence-corrected chi connectivity index (χ1v) is 4.63. The summed E-state index contributed by atoms with van der Waals surface area (Å²) in [4.78, 5) is 0. The van der Waals surface area contributed by atoms with Gasteiger partial charge >= 0.3 is 0 Å². The van der Waals surface area contributed by atoms with Crippen molar-refractivity contribution in [2.45, 2.75) is 12.8 Å².